The minimum Gasteiger partial charge on any atom is -0.378 e. The Morgan fingerprint density at radius 3 is 2.76 bits per heavy atom. The maximum Gasteiger partial charge on any atom is 0.292 e. The lowest BCUT2D eigenvalue weighted by Crippen LogP contribution is -2.41. The second kappa shape index (κ2) is 7.47. The van der Waals surface area contributed by atoms with E-state index in [1.54, 1.807) is 18.2 Å². The van der Waals surface area contributed by atoms with Crippen molar-refractivity contribution in [1.82, 2.24) is 4.90 Å². The molecular weight excluding hydrogens is 270 g/mol. The maximum absolute atomic E-state index is 10.9. The molecule has 1 saturated heterocycles. The van der Waals surface area contributed by atoms with Gasteiger partial charge in [0.25, 0.3) is 5.69 Å². The van der Waals surface area contributed by atoms with Gasteiger partial charge >= 0.3 is 0 Å². The molecular formula is C14H21N5O2. The summed E-state index contributed by atoms with van der Waals surface area (Å²) in [6.45, 7) is 2.94. The molecule has 2 rings (SSSR count). The fourth-order valence-corrected chi connectivity index (χ4v) is 2.37. The first-order chi connectivity index (χ1) is 10.2. The lowest BCUT2D eigenvalue weighted by atomic mass is 10.1. The number of aliphatic imine (C=N–C) groups is 1. The van der Waals surface area contributed by atoms with Gasteiger partial charge in [0.1, 0.15) is 5.69 Å². The van der Waals surface area contributed by atoms with Gasteiger partial charge in [-0.3, -0.25) is 15.1 Å². The van der Waals surface area contributed by atoms with Crippen LogP contribution in [-0.2, 0) is 0 Å². The Morgan fingerprint density at radius 1 is 1.33 bits per heavy atom. The zero-order valence-electron chi connectivity index (χ0n) is 12.0. The fraction of sp³-hybridized carbons (Fsp3) is 0.500. The van der Waals surface area contributed by atoms with E-state index in [0.717, 1.165) is 25.9 Å². The number of hydrogen-bond donors (Lipinski definition) is 2. The smallest absolute Gasteiger partial charge is 0.292 e. The summed E-state index contributed by atoms with van der Waals surface area (Å²) in [4.78, 5) is 16.9. The number of rotatable bonds is 5. The summed E-state index contributed by atoms with van der Waals surface area (Å²) in [6, 6.07) is 6.58. The monoisotopic (exact) mass is 291 g/mol. The molecule has 0 radical (unpaired) electrons. The van der Waals surface area contributed by atoms with Gasteiger partial charge in [0.15, 0.2) is 5.96 Å². The number of nitrogens with zero attached hydrogens (tertiary/aromatic N) is 3. The molecule has 1 aromatic rings. The third-order valence-corrected chi connectivity index (χ3v) is 3.48. The molecule has 0 aliphatic carbocycles. The molecule has 0 bridgehead atoms. The lowest BCUT2D eigenvalue weighted by molar-refractivity contribution is -0.384. The van der Waals surface area contributed by atoms with E-state index in [1.165, 1.54) is 12.5 Å². The van der Waals surface area contributed by atoms with Crippen LogP contribution in [-0.4, -0.2) is 42.0 Å². The maximum atomic E-state index is 10.9. The van der Waals surface area contributed by atoms with Crippen molar-refractivity contribution >= 4 is 17.3 Å². The van der Waals surface area contributed by atoms with Crippen LogP contribution in [0.5, 0.6) is 0 Å². The van der Waals surface area contributed by atoms with E-state index in [4.69, 9.17) is 5.73 Å². The molecule has 21 heavy (non-hydrogen) atoms. The van der Waals surface area contributed by atoms with E-state index in [2.05, 4.69) is 15.2 Å². The molecule has 0 spiro atoms. The molecule has 0 saturated carbocycles. The summed E-state index contributed by atoms with van der Waals surface area (Å²) in [5.41, 5.74) is 6.53. The van der Waals surface area contributed by atoms with Gasteiger partial charge < -0.3 is 16.0 Å². The van der Waals surface area contributed by atoms with Gasteiger partial charge in [-0.1, -0.05) is 12.1 Å². The number of benzene rings is 1. The van der Waals surface area contributed by atoms with Gasteiger partial charge in [-0.15, -0.1) is 0 Å². The molecule has 7 nitrogen and oxygen atoms in total. The highest BCUT2D eigenvalue weighted by molar-refractivity contribution is 5.78. The molecule has 1 aliphatic rings. The van der Waals surface area contributed by atoms with Crippen molar-refractivity contribution in [2.75, 3.05) is 31.5 Å². The Balaban J connectivity index is 1.83. The van der Waals surface area contributed by atoms with Crippen molar-refractivity contribution in [3.8, 4) is 0 Å². The number of nitrogens with one attached hydrogen (secondary N) is 1. The minimum atomic E-state index is -0.395. The molecule has 0 atom stereocenters. The number of para-hydroxylation sites is 2. The zero-order chi connectivity index (χ0) is 15.1. The predicted molar refractivity (Wildman–Crippen MR) is 83.5 cm³/mol. The van der Waals surface area contributed by atoms with Crippen LogP contribution in [0.4, 0.5) is 11.4 Å². The quantitative estimate of drug-likeness (QED) is 0.283. The summed E-state index contributed by atoms with van der Waals surface area (Å²) in [5.74, 6) is 0.569. The molecule has 1 heterocycles. The normalized spacial score (nSPS) is 15.8. The lowest BCUT2D eigenvalue weighted by Gasteiger charge is -2.27. The van der Waals surface area contributed by atoms with Gasteiger partial charge in [0.05, 0.1) is 11.5 Å². The van der Waals surface area contributed by atoms with Crippen molar-refractivity contribution < 1.29 is 4.92 Å². The molecule has 1 fully saturated rings. The second-order valence-electron chi connectivity index (χ2n) is 4.99. The Hall–Kier alpha value is -2.31. The highest BCUT2D eigenvalue weighted by Crippen LogP contribution is 2.22. The summed E-state index contributed by atoms with van der Waals surface area (Å²) in [7, 11) is 0. The number of nitrogens with two attached hydrogens (primary N) is 1. The standard InChI is InChI=1S/C14H21N5O2/c15-14(18-10-4-1-5-11-18)17-9-8-16-12-6-2-3-7-13(12)19(20)21/h2-3,6-7,16H,1,4-5,8-11H2,(H2,15,17). The number of likely N-dealkylation sites (tertiary alicyclic amines) is 1. The largest absolute Gasteiger partial charge is 0.378 e. The zero-order valence-corrected chi connectivity index (χ0v) is 12.0. The number of anilines is 1. The highest BCUT2D eigenvalue weighted by Gasteiger charge is 2.12. The number of nitro benzene ring substituents is 1. The number of piperidine rings is 1. The van der Waals surface area contributed by atoms with Gasteiger partial charge in [-0.25, -0.2) is 0 Å². The van der Waals surface area contributed by atoms with Crippen molar-refractivity contribution in [1.29, 1.82) is 0 Å². The van der Waals surface area contributed by atoms with Gasteiger partial charge in [0, 0.05) is 25.7 Å². The molecule has 3 N–H and O–H groups in total. The molecule has 7 heteroatoms. The molecule has 1 aliphatic heterocycles. The number of hydrogen-bond acceptors (Lipinski definition) is 4. The van der Waals surface area contributed by atoms with E-state index in [1.807, 2.05) is 0 Å². The summed E-state index contributed by atoms with van der Waals surface area (Å²) >= 11 is 0. The van der Waals surface area contributed by atoms with Gasteiger partial charge in [-0.2, -0.15) is 0 Å². The van der Waals surface area contributed by atoms with Crippen molar-refractivity contribution in [2.45, 2.75) is 19.3 Å². The predicted octanol–water partition coefficient (Wildman–Crippen LogP) is 1.81. The van der Waals surface area contributed by atoms with Crippen LogP contribution in [0.25, 0.3) is 0 Å². The van der Waals surface area contributed by atoms with Crippen molar-refractivity contribution in [2.24, 2.45) is 10.7 Å². The van der Waals surface area contributed by atoms with Crippen LogP contribution in [0.15, 0.2) is 29.3 Å². The van der Waals surface area contributed by atoms with Crippen LogP contribution in [0.1, 0.15) is 19.3 Å². The third-order valence-electron chi connectivity index (χ3n) is 3.48. The van der Waals surface area contributed by atoms with Crippen molar-refractivity contribution in [3.05, 3.63) is 34.4 Å². The Morgan fingerprint density at radius 2 is 2.05 bits per heavy atom. The summed E-state index contributed by atoms with van der Waals surface area (Å²) in [6.07, 6.45) is 3.57. The SMILES string of the molecule is NC(=NCCNc1ccccc1[N+](=O)[O-])N1CCCCC1. The van der Waals surface area contributed by atoms with Crippen LogP contribution in [0.3, 0.4) is 0 Å². The highest BCUT2D eigenvalue weighted by atomic mass is 16.6. The second-order valence-corrected chi connectivity index (χ2v) is 4.99. The molecule has 0 unspecified atom stereocenters. The average Bonchev–Trinajstić information content (AvgIpc) is 2.52. The van der Waals surface area contributed by atoms with E-state index >= 15 is 0 Å². The Kier molecular flexibility index (Phi) is 5.36. The van der Waals surface area contributed by atoms with Gasteiger partial charge in [-0.05, 0) is 25.3 Å². The molecule has 0 amide bonds. The molecule has 114 valence electrons. The first kappa shape index (κ1) is 15.1. The summed E-state index contributed by atoms with van der Waals surface area (Å²) in [5, 5.41) is 13.9. The fourth-order valence-electron chi connectivity index (χ4n) is 2.37. The third kappa shape index (κ3) is 4.34. The van der Waals surface area contributed by atoms with E-state index in [-0.39, 0.29) is 5.69 Å². The number of nitro groups is 1. The molecule has 1 aromatic carbocycles. The van der Waals surface area contributed by atoms with E-state index in [9.17, 15) is 10.1 Å². The van der Waals surface area contributed by atoms with Gasteiger partial charge in [0.2, 0.25) is 0 Å². The van der Waals surface area contributed by atoms with Crippen molar-refractivity contribution in [3.63, 3.8) is 0 Å². The van der Waals surface area contributed by atoms with Crippen LogP contribution in [0, 0.1) is 10.1 Å². The minimum absolute atomic E-state index is 0.0745. The van der Waals surface area contributed by atoms with Crippen LogP contribution in [0.2, 0.25) is 0 Å². The average molecular weight is 291 g/mol. The van der Waals surface area contributed by atoms with Crippen LogP contribution < -0.4 is 11.1 Å². The first-order valence-electron chi connectivity index (χ1n) is 7.20. The molecule has 0 aromatic heterocycles. The number of guanidine groups is 1. The van der Waals surface area contributed by atoms with E-state index in [0.29, 0.717) is 24.7 Å². The Bertz CT molecular complexity index is 512. The first-order valence-corrected chi connectivity index (χ1v) is 7.20. The topological polar surface area (TPSA) is 96.8 Å². The Labute approximate surface area is 124 Å². The van der Waals surface area contributed by atoms with Crippen LogP contribution >= 0.6 is 0 Å². The van der Waals surface area contributed by atoms with E-state index < -0.39 is 4.92 Å². The summed E-state index contributed by atoms with van der Waals surface area (Å²) < 4.78 is 0.